The summed E-state index contributed by atoms with van der Waals surface area (Å²) in [5, 5.41) is 0. The van der Waals surface area contributed by atoms with Crippen molar-refractivity contribution in [1.29, 1.82) is 0 Å². The summed E-state index contributed by atoms with van der Waals surface area (Å²) in [6.45, 7) is 1.27. The lowest BCUT2D eigenvalue weighted by Crippen LogP contribution is -2.09. The summed E-state index contributed by atoms with van der Waals surface area (Å²) in [5.41, 5.74) is 0.135. The van der Waals surface area contributed by atoms with Crippen molar-refractivity contribution in [3.63, 3.8) is 0 Å². The summed E-state index contributed by atoms with van der Waals surface area (Å²) in [6.07, 6.45) is -4.45. The number of benzene rings is 2. The van der Waals surface area contributed by atoms with Crippen molar-refractivity contribution in [3.8, 4) is 11.5 Å². The quantitative estimate of drug-likeness (QED) is 0.612. The topological polar surface area (TPSA) is 52.3 Å². The number of rotatable bonds is 4. The Morgan fingerprint density at radius 3 is 2.54 bits per heavy atom. The number of ether oxygens (including phenoxy) is 1. The maximum absolute atomic E-state index is 12.7. The first-order chi connectivity index (χ1) is 12.3. The Hall–Kier alpha value is -3.09. The van der Waals surface area contributed by atoms with Crippen LogP contribution < -0.4 is 0 Å². The van der Waals surface area contributed by atoms with Gasteiger partial charge in [0.15, 0.2) is 5.69 Å². The Balaban J connectivity index is 1.72. The van der Waals surface area contributed by atoms with Crippen LogP contribution in [0.4, 0.5) is 13.2 Å². The minimum Gasteiger partial charge on any atom is -0.456 e. The zero-order valence-corrected chi connectivity index (χ0v) is 13.7. The molecule has 0 saturated heterocycles. The molecule has 1 aromatic heterocycles. The summed E-state index contributed by atoms with van der Waals surface area (Å²) in [6, 6.07) is 13.6. The molecule has 0 unspecified atom stereocenters. The van der Waals surface area contributed by atoms with Gasteiger partial charge in [-0.3, -0.25) is 0 Å². The van der Waals surface area contributed by atoms with Gasteiger partial charge in [-0.15, -0.1) is 0 Å². The van der Waals surface area contributed by atoms with Gasteiger partial charge in [0.05, 0.1) is 5.56 Å². The highest BCUT2D eigenvalue weighted by Crippen LogP contribution is 2.29. The van der Waals surface area contributed by atoms with E-state index in [1.807, 2.05) is 6.07 Å². The molecule has 0 amide bonds. The van der Waals surface area contributed by atoms with Crippen molar-refractivity contribution in [3.05, 3.63) is 77.2 Å². The third-order valence-electron chi connectivity index (χ3n) is 3.63. The highest BCUT2D eigenvalue weighted by molar-refractivity contribution is 5.88. The molecule has 26 heavy (non-hydrogen) atoms. The summed E-state index contributed by atoms with van der Waals surface area (Å²) >= 11 is 0. The van der Waals surface area contributed by atoms with E-state index in [0.29, 0.717) is 5.56 Å². The van der Waals surface area contributed by atoms with Gasteiger partial charge in [0.25, 0.3) is 0 Å². The van der Waals surface area contributed by atoms with Crippen molar-refractivity contribution >= 4 is 5.97 Å². The number of carbonyl (C=O) groups is 1. The third-order valence-corrected chi connectivity index (χ3v) is 3.63. The molecule has 0 aliphatic carbocycles. The van der Waals surface area contributed by atoms with E-state index in [1.54, 1.807) is 31.2 Å². The van der Waals surface area contributed by atoms with Crippen molar-refractivity contribution < 1.29 is 27.1 Å². The van der Waals surface area contributed by atoms with E-state index < -0.39 is 17.7 Å². The van der Waals surface area contributed by atoms with Gasteiger partial charge in [-0.1, -0.05) is 30.3 Å². The molecule has 0 bridgehead atoms. The van der Waals surface area contributed by atoms with Crippen molar-refractivity contribution in [2.24, 2.45) is 0 Å². The largest absolute Gasteiger partial charge is 0.456 e. The maximum atomic E-state index is 12.7. The van der Waals surface area contributed by atoms with Crippen LogP contribution in [0.25, 0.3) is 11.5 Å². The fraction of sp³-hybridized carbons (Fsp3) is 0.158. The number of hydrogen-bond acceptors (Lipinski definition) is 4. The van der Waals surface area contributed by atoms with Crippen molar-refractivity contribution in [2.45, 2.75) is 19.7 Å². The standard InChI is InChI=1S/C19H14F3NO3/c1-12-16(23-17(26-12)14-7-3-2-4-8-14)18(24)25-11-13-6-5-9-15(10-13)19(20,21)22/h2-10H,11H2,1H3. The molecular weight excluding hydrogens is 347 g/mol. The Kier molecular flexibility index (Phi) is 4.79. The molecule has 3 aromatic rings. The SMILES string of the molecule is Cc1oc(-c2ccccc2)nc1C(=O)OCc1cccc(C(F)(F)F)c1. The number of nitrogens with zero attached hydrogens (tertiary/aromatic N) is 1. The van der Waals surface area contributed by atoms with Crippen LogP contribution in [0, 0.1) is 6.92 Å². The Bertz CT molecular complexity index is 917. The molecule has 0 radical (unpaired) electrons. The van der Waals surface area contributed by atoms with E-state index in [2.05, 4.69) is 4.98 Å². The van der Waals surface area contributed by atoms with Crippen LogP contribution in [0.2, 0.25) is 0 Å². The summed E-state index contributed by atoms with van der Waals surface area (Å²) in [7, 11) is 0. The predicted octanol–water partition coefficient (Wildman–Crippen LogP) is 5.03. The Morgan fingerprint density at radius 2 is 1.85 bits per heavy atom. The van der Waals surface area contributed by atoms with E-state index in [0.717, 1.165) is 12.1 Å². The molecule has 3 rings (SSSR count). The number of alkyl halides is 3. The third kappa shape index (κ3) is 3.93. The van der Waals surface area contributed by atoms with Gasteiger partial charge < -0.3 is 9.15 Å². The second-order valence-electron chi connectivity index (χ2n) is 5.56. The number of carbonyl (C=O) groups excluding carboxylic acids is 1. The van der Waals surface area contributed by atoms with Crippen LogP contribution in [0.5, 0.6) is 0 Å². The molecule has 0 aliphatic rings. The first-order valence-electron chi connectivity index (χ1n) is 7.70. The highest BCUT2D eigenvalue weighted by atomic mass is 19.4. The Morgan fingerprint density at radius 1 is 1.12 bits per heavy atom. The second-order valence-corrected chi connectivity index (χ2v) is 5.56. The van der Waals surface area contributed by atoms with Crippen LogP contribution in [-0.2, 0) is 17.5 Å². The molecule has 0 saturated carbocycles. The summed E-state index contributed by atoms with van der Waals surface area (Å²) in [5.74, 6) is -0.210. The lowest BCUT2D eigenvalue weighted by Gasteiger charge is -2.09. The van der Waals surface area contributed by atoms with Crippen LogP contribution in [0.3, 0.4) is 0 Å². The molecule has 2 aromatic carbocycles. The minimum atomic E-state index is -4.45. The highest BCUT2D eigenvalue weighted by Gasteiger charge is 2.30. The van der Waals surface area contributed by atoms with Gasteiger partial charge in [0.1, 0.15) is 12.4 Å². The molecule has 1 heterocycles. The minimum absolute atomic E-state index is 0.00386. The molecule has 7 heteroatoms. The van der Waals surface area contributed by atoms with E-state index in [9.17, 15) is 18.0 Å². The van der Waals surface area contributed by atoms with Gasteiger partial charge in [0.2, 0.25) is 5.89 Å². The molecule has 0 aliphatic heterocycles. The lowest BCUT2D eigenvalue weighted by molar-refractivity contribution is -0.137. The number of aromatic nitrogens is 1. The zero-order chi connectivity index (χ0) is 18.7. The van der Waals surface area contributed by atoms with Crippen LogP contribution in [0.1, 0.15) is 27.4 Å². The molecule has 0 N–H and O–H groups in total. The van der Waals surface area contributed by atoms with E-state index in [-0.39, 0.29) is 29.5 Å². The van der Waals surface area contributed by atoms with Gasteiger partial charge in [-0.2, -0.15) is 13.2 Å². The number of oxazole rings is 1. The van der Waals surface area contributed by atoms with Crippen LogP contribution in [0.15, 0.2) is 59.0 Å². The molecule has 4 nitrogen and oxygen atoms in total. The predicted molar refractivity (Wildman–Crippen MR) is 87.2 cm³/mol. The van der Waals surface area contributed by atoms with Gasteiger partial charge in [0, 0.05) is 5.56 Å². The molecule has 0 atom stereocenters. The van der Waals surface area contributed by atoms with Gasteiger partial charge in [-0.05, 0) is 36.8 Å². The zero-order valence-electron chi connectivity index (χ0n) is 13.7. The molecule has 0 spiro atoms. The summed E-state index contributed by atoms with van der Waals surface area (Å²) in [4.78, 5) is 16.3. The average Bonchev–Trinajstić information content (AvgIpc) is 3.02. The van der Waals surface area contributed by atoms with Crippen molar-refractivity contribution in [2.75, 3.05) is 0 Å². The Labute approximate surface area is 147 Å². The number of halogens is 3. The monoisotopic (exact) mass is 361 g/mol. The first kappa shape index (κ1) is 17.7. The molecule has 0 fully saturated rings. The normalized spacial score (nSPS) is 11.4. The number of aryl methyl sites for hydroxylation is 1. The smallest absolute Gasteiger partial charge is 0.416 e. The van der Waals surface area contributed by atoms with E-state index in [1.165, 1.54) is 12.1 Å². The van der Waals surface area contributed by atoms with E-state index in [4.69, 9.17) is 9.15 Å². The first-order valence-corrected chi connectivity index (χ1v) is 7.70. The molecule has 134 valence electrons. The summed E-state index contributed by atoms with van der Waals surface area (Å²) < 4.78 is 48.7. The van der Waals surface area contributed by atoms with Gasteiger partial charge >= 0.3 is 12.1 Å². The van der Waals surface area contributed by atoms with E-state index >= 15 is 0 Å². The second kappa shape index (κ2) is 7.03. The number of esters is 1. The van der Waals surface area contributed by atoms with Crippen molar-refractivity contribution in [1.82, 2.24) is 4.98 Å². The number of hydrogen-bond donors (Lipinski definition) is 0. The lowest BCUT2D eigenvalue weighted by atomic mass is 10.1. The average molecular weight is 361 g/mol. The maximum Gasteiger partial charge on any atom is 0.416 e. The molecular formula is C19H14F3NO3. The van der Waals surface area contributed by atoms with Gasteiger partial charge in [-0.25, -0.2) is 9.78 Å². The fourth-order valence-corrected chi connectivity index (χ4v) is 2.34. The fourth-order valence-electron chi connectivity index (χ4n) is 2.34. The van der Waals surface area contributed by atoms with Crippen LogP contribution >= 0.6 is 0 Å². The van der Waals surface area contributed by atoms with Crippen LogP contribution in [-0.4, -0.2) is 11.0 Å².